The number of hydrogen-bond donors (Lipinski definition) is 0. The molecule has 20 heavy (non-hydrogen) atoms. The van der Waals surface area contributed by atoms with Gasteiger partial charge in [-0.3, -0.25) is 4.79 Å². The van der Waals surface area contributed by atoms with Crippen LogP contribution >= 0.6 is 0 Å². The molecule has 1 saturated carbocycles. The summed E-state index contributed by atoms with van der Waals surface area (Å²) in [6, 6.07) is 9.14. The summed E-state index contributed by atoms with van der Waals surface area (Å²) in [7, 11) is 1.78. The molecule has 1 aliphatic rings. The molecule has 1 fully saturated rings. The molecular formula is C16H20N2O2. The summed E-state index contributed by atoms with van der Waals surface area (Å²) >= 11 is 0. The highest BCUT2D eigenvalue weighted by atomic mass is 16.5. The molecule has 0 aliphatic heterocycles. The lowest BCUT2D eigenvalue weighted by Gasteiger charge is -2.35. The number of carbonyl (C=O) groups excluding carboxylic acids is 1. The highest BCUT2D eigenvalue weighted by molar-refractivity contribution is 5.93. The monoisotopic (exact) mass is 272 g/mol. The van der Waals surface area contributed by atoms with Crippen molar-refractivity contribution < 1.29 is 9.53 Å². The number of rotatable bonds is 5. The van der Waals surface area contributed by atoms with E-state index in [4.69, 9.17) is 10.00 Å². The molecule has 0 bridgehead atoms. The maximum Gasteiger partial charge on any atom is 0.226 e. The second kappa shape index (κ2) is 6.53. The Kier molecular flexibility index (Phi) is 4.75. The lowest BCUT2D eigenvalue weighted by molar-refractivity contribution is -0.121. The average Bonchev–Trinajstić information content (AvgIpc) is 2.44. The van der Waals surface area contributed by atoms with Crippen molar-refractivity contribution in [2.75, 3.05) is 18.6 Å². The van der Waals surface area contributed by atoms with Crippen LogP contribution in [0.2, 0.25) is 0 Å². The van der Waals surface area contributed by atoms with Gasteiger partial charge in [-0.25, -0.2) is 0 Å². The zero-order valence-electron chi connectivity index (χ0n) is 12.0. The molecule has 0 radical (unpaired) electrons. The molecule has 1 amide bonds. The highest BCUT2D eigenvalue weighted by Crippen LogP contribution is 2.33. The average molecular weight is 272 g/mol. The lowest BCUT2D eigenvalue weighted by Crippen LogP contribution is -2.36. The summed E-state index contributed by atoms with van der Waals surface area (Å²) in [6.07, 6.45) is 2.89. The van der Waals surface area contributed by atoms with Gasteiger partial charge < -0.3 is 9.64 Å². The molecule has 1 aliphatic carbocycles. The van der Waals surface area contributed by atoms with E-state index in [-0.39, 0.29) is 5.91 Å². The van der Waals surface area contributed by atoms with Gasteiger partial charge in [-0.05, 0) is 49.9 Å². The summed E-state index contributed by atoms with van der Waals surface area (Å²) in [6.45, 7) is 2.74. The van der Waals surface area contributed by atoms with Crippen molar-refractivity contribution in [2.45, 2.75) is 32.3 Å². The van der Waals surface area contributed by atoms with E-state index >= 15 is 0 Å². The van der Waals surface area contributed by atoms with Gasteiger partial charge in [0, 0.05) is 25.8 Å². The predicted molar refractivity (Wildman–Crippen MR) is 77.3 cm³/mol. The van der Waals surface area contributed by atoms with Crippen LogP contribution in [0.4, 0.5) is 5.69 Å². The van der Waals surface area contributed by atoms with Crippen LogP contribution in [0.5, 0.6) is 0 Å². The van der Waals surface area contributed by atoms with E-state index in [0.717, 1.165) is 25.1 Å². The van der Waals surface area contributed by atoms with E-state index in [0.29, 0.717) is 24.0 Å². The second-order valence-corrected chi connectivity index (χ2v) is 5.23. The van der Waals surface area contributed by atoms with E-state index in [1.165, 1.54) is 0 Å². The Morgan fingerprint density at radius 3 is 2.60 bits per heavy atom. The van der Waals surface area contributed by atoms with Crippen LogP contribution < -0.4 is 4.90 Å². The molecule has 1 aromatic carbocycles. The summed E-state index contributed by atoms with van der Waals surface area (Å²) in [5.41, 5.74) is 1.43. The predicted octanol–water partition coefficient (Wildman–Crippen LogP) is 2.73. The van der Waals surface area contributed by atoms with Crippen LogP contribution in [-0.2, 0) is 9.53 Å². The minimum Gasteiger partial charge on any atom is -0.378 e. The van der Waals surface area contributed by atoms with Crippen molar-refractivity contribution in [3.8, 4) is 6.07 Å². The maximum atomic E-state index is 12.2. The molecule has 2 rings (SSSR count). The number of carbonyl (C=O) groups is 1. The minimum atomic E-state index is 0.120. The van der Waals surface area contributed by atoms with Crippen LogP contribution in [-0.4, -0.2) is 25.7 Å². The van der Waals surface area contributed by atoms with Crippen molar-refractivity contribution >= 4 is 11.6 Å². The van der Waals surface area contributed by atoms with E-state index in [1.807, 2.05) is 6.92 Å². The number of amides is 1. The summed E-state index contributed by atoms with van der Waals surface area (Å²) in [4.78, 5) is 13.8. The molecule has 106 valence electrons. The second-order valence-electron chi connectivity index (χ2n) is 5.23. The summed E-state index contributed by atoms with van der Waals surface area (Å²) in [5, 5.41) is 8.76. The number of anilines is 1. The van der Waals surface area contributed by atoms with Crippen molar-refractivity contribution in [2.24, 2.45) is 5.92 Å². The van der Waals surface area contributed by atoms with Gasteiger partial charge in [-0.1, -0.05) is 0 Å². The van der Waals surface area contributed by atoms with Gasteiger partial charge in [0.25, 0.3) is 0 Å². The fraction of sp³-hybridized carbons (Fsp3) is 0.500. The Morgan fingerprint density at radius 2 is 2.05 bits per heavy atom. The van der Waals surface area contributed by atoms with Gasteiger partial charge in [0.2, 0.25) is 5.91 Å². The Bertz CT molecular complexity index is 498. The molecule has 0 unspecified atom stereocenters. The molecule has 0 atom stereocenters. The van der Waals surface area contributed by atoms with E-state index < -0.39 is 0 Å². The lowest BCUT2D eigenvalue weighted by atomic mass is 9.79. The van der Waals surface area contributed by atoms with Gasteiger partial charge in [0.05, 0.1) is 17.7 Å². The molecule has 1 aromatic rings. The molecule has 4 heteroatoms. The number of nitrogens with zero attached hydrogens (tertiary/aromatic N) is 2. The molecule has 0 N–H and O–H groups in total. The van der Waals surface area contributed by atoms with Gasteiger partial charge >= 0.3 is 0 Å². The Balaban J connectivity index is 1.84. The molecule has 0 aromatic heterocycles. The SMILES string of the molecule is CCOC1CC(CC(=O)N(C)c2ccc(C#N)cc2)C1. The molecule has 0 heterocycles. The number of hydrogen-bond acceptors (Lipinski definition) is 3. The third kappa shape index (κ3) is 3.37. The first-order chi connectivity index (χ1) is 9.63. The minimum absolute atomic E-state index is 0.120. The molecule has 4 nitrogen and oxygen atoms in total. The van der Waals surface area contributed by atoms with Gasteiger partial charge in [-0.15, -0.1) is 0 Å². The number of nitriles is 1. The fourth-order valence-electron chi connectivity index (χ4n) is 2.50. The number of benzene rings is 1. The Morgan fingerprint density at radius 1 is 1.40 bits per heavy atom. The zero-order chi connectivity index (χ0) is 14.5. The first-order valence-electron chi connectivity index (χ1n) is 7.02. The van der Waals surface area contributed by atoms with E-state index in [2.05, 4.69) is 6.07 Å². The van der Waals surface area contributed by atoms with E-state index in [9.17, 15) is 4.79 Å². The quantitative estimate of drug-likeness (QED) is 0.828. The summed E-state index contributed by atoms with van der Waals surface area (Å²) < 4.78 is 5.50. The fourth-order valence-corrected chi connectivity index (χ4v) is 2.50. The standard InChI is InChI=1S/C16H20N2O2/c1-3-20-15-8-13(9-15)10-16(19)18(2)14-6-4-12(11-17)5-7-14/h4-7,13,15H,3,8-10H2,1-2H3. The van der Waals surface area contributed by atoms with Gasteiger partial charge in [0.15, 0.2) is 0 Å². The van der Waals surface area contributed by atoms with Crippen molar-refractivity contribution in [3.63, 3.8) is 0 Å². The summed E-state index contributed by atoms with van der Waals surface area (Å²) in [5.74, 6) is 0.564. The molecule has 0 saturated heterocycles. The Hall–Kier alpha value is -1.86. The van der Waals surface area contributed by atoms with Crippen LogP contribution in [0.15, 0.2) is 24.3 Å². The van der Waals surface area contributed by atoms with Crippen molar-refractivity contribution in [3.05, 3.63) is 29.8 Å². The molecule has 0 spiro atoms. The van der Waals surface area contributed by atoms with Gasteiger partial charge in [0.1, 0.15) is 0 Å². The van der Waals surface area contributed by atoms with E-state index in [1.54, 1.807) is 36.2 Å². The largest absolute Gasteiger partial charge is 0.378 e. The number of ether oxygens (including phenoxy) is 1. The first-order valence-corrected chi connectivity index (χ1v) is 7.02. The van der Waals surface area contributed by atoms with Gasteiger partial charge in [-0.2, -0.15) is 5.26 Å². The van der Waals surface area contributed by atoms with Crippen molar-refractivity contribution in [1.82, 2.24) is 0 Å². The maximum absolute atomic E-state index is 12.2. The molecular weight excluding hydrogens is 252 g/mol. The smallest absolute Gasteiger partial charge is 0.226 e. The van der Waals surface area contributed by atoms with Crippen LogP contribution in [0, 0.1) is 17.2 Å². The third-order valence-electron chi connectivity index (χ3n) is 3.82. The van der Waals surface area contributed by atoms with Crippen LogP contribution in [0.25, 0.3) is 0 Å². The zero-order valence-corrected chi connectivity index (χ0v) is 12.0. The Labute approximate surface area is 120 Å². The first kappa shape index (κ1) is 14.5. The van der Waals surface area contributed by atoms with Crippen LogP contribution in [0.3, 0.4) is 0 Å². The third-order valence-corrected chi connectivity index (χ3v) is 3.82. The van der Waals surface area contributed by atoms with Crippen LogP contribution in [0.1, 0.15) is 31.7 Å². The normalized spacial score (nSPS) is 20.9. The highest BCUT2D eigenvalue weighted by Gasteiger charge is 2.31. The topological polar surface area (TPSA) is 53.3 Å². The van der Waals surface area contributed by atoms with Crippen molar-refractivity contribution in [1.29, 1.82) is 5.26 Å².